The maximum atomic E-state index is 12.6. The third kappa shape index (κ3) is 2.82. The predicted octanol–water partition coefficient (Wildman–Crippen LogP) is 2.15. The van der Waals surface area contributed by atoms with Gasteiger partial charge in [0.1, 0.15) is 6.10 Å². The van der Waals surface area contributed by atoms with Crippen molar-refractivity contribution in [3.63, 3.8) is 0 Å². The number of aliphatic hydroxyl groups excluding tert-OH is 1. The van der Waals surface area contributed by atoms with Crippen LogP contribution in [0.4, 0.5) is 5.69 Å². The Bertz CT molecular complexity index is 600. The van der Waals surface area contributed by atoms with Gasteiger partial charge in [0, 0.05) is 12.2 Å². The Morgan fingerprint density at radius 2 is 1.67 bits per heavy atom. The van der Waals surface area contributed by atoms with Gasteiger partial charge >= 0.3 is 0 Å². The lowest BCUT2D eigenvalue weighted by Crippen LogP contribution is -2.50. The molecule has 1 N–H and O–H groups in total. The van der Waals surface area contributed by atoms with Crippen LogP contribution in [0, 0.1) is 0 Å². The third-order valence-electron chi connectivity index (χ3n) is 3.62. The molecule has 2 aromatic carbocycles. The first-order valence-electron chi connectivity index (χ1n) is 6.98. The van der Waals surface area contributed by atoms with Crippen LogP contribution in [0.1, 0.15) is 11.7 Å². The Balaban J connectivity index is 1.82. The van der Waals surface area contributed by atoms with Gasteiger partial charge in [-0.25, -0.2) is 0 Å². The second-order valence-corrected chi connectivity index (χ2v) is 4.97. The van der Waals surface area contributed by atoms with Crippen LogP contribution in [0.15, 0.2) is 60.7 Å². The average molecular weight is 283 g/mol. The van der Waals surface area contributed by atoms with E-state index in [1.54, 1.807) is 17.0 Å². The molecule has 0 aliphatic carbocycles. The summed E-state index contributed by atoms with van der Waals surface area (Å²) >= 11 is 0. The van der Waals surface area contributed by atoms with Crippen LogP contribution >= 0.6 is 0 Å². The highest BCUT2D eigenvalue weighted by Gasteiger charge is 2.36. The highest BCUT2D eigenvalue weighted by atomic mass is 16.5. The predicted molar refractivity (Wildman–Crippen MR) is 79.9 cm³/mol. The van der Waals surface area contributed by atoms with Crippen molar-refractivity contribution < 1.29 is 14.6 Å². The smallest absolute Gasteiger partial charge is 0.259 e. The van der Waals surface area contributed by atoms with Gasteiger partial charge in [-0.05, 0) is 17.7 Å². The van der Waals surface area contributed by atoms with E-state index < -0.39 is 12.2 Å². The molecule has 2 atom stereocenters. The van der Waals surface area contributed by atoms with Crippen molar-refractivity contribution in [3.05, 3.63) is 66.2 Å². The van der Waals surface area contributed by atoms with Gasteiger partial charge in [0.15, 0.2) is 6.10 Å². The summed E-state index contributed by atoms with van der Waals surface area (Å²) in [6.07, 6.45) is -1.81. The Kier molecular flexibility index (Phi) is 3.99. The van der Waals surface area contributed by atoms with Crippen LogP contribution in [0.3, 0.4) is 0 Å². The van der Waals surface area contributed by atoms with E-state index in [0.29, 0.717) is 18.7 Å². The molecule has 108 valence electrons. The summed E-state index contributed by atoms with van der Waals surface area (Å²) in [5, 5.41) is 10.4. The number of ether oxygens (including phenoxy) is 1. The number of carbonyl (C=O) groups is 1. The topological polar surface area (TPSA) is 49.8 Å². The Morgan fingerprint density at radius 3 is 2.33 bits per heavy atom. The minimum Gasteiger partial charge on any atom is -0.385 e. The number of hydrogen-bond donors (Lipinski definition) is 1. The summed E-state index contributed by atoms with van der Waals surface area (Å²) in [5.74, 6) is -0.205. The molecule has 1 aliphatic heterocycles. The van der Waals surface area contributed by atoms with E-state index in [9.17, 15) is 9.90 Å². The fourth-order valence-corrected chi connectivity index (χ4v) is 2.52. The zero-order valence-electron chi connectivity index (χ0n) is 11.6. The first-order chi connectivity index (χ1) is 10.3. The summed E-state index contributed by atoms with van der Waals surface area (Å²) in [7, 11) is 0. The van der Waals surface area contributed by atoms with E-state index in [1.165, 1.54) is 0 Å². The Morgan fingerprint density at radius 1 is 1.05 bits per heavy atom. The quantitative estimate of drug-likeness (QED) is 0.939. The normalized spacial score (nSPS) is 20.3. The lowest BCUT2D eigenvalue weighted by molar-refractivity contribution is -0.143. The molecule has 0 radical (unpaired) electrons. The number of benzene rings is 2. The number of rotatable bonds is 3. The molecule has 1 fully saturated rings. The van der Waals surface area contributed by atoms with E-state index in [-0.39, 0.29) is 5.91 Å². The fraction of sp³-hybridized carbons (Fsp3) is 0.235. The molecule has 21 heavy (non-hydrogen) atoms. The van der Waals surface area contributed by atoms with E-state index in [0.717, 1.165) is 5.69 Å². The van der Waals surface area contributed by atoms with E-state index in [1.807, 2.05) is 48.5 Å². The number of nitrogens with zero attached hydrogens (tertiary/aromatic N) is 1. The minimum atomic E-state index is -0.954. The Labute approximate surface area is 123 Å². The second kappa shape index (κ2) is 6.08. The standard InChI is InChI=1S/C17H17NO3/c19-15(13-7-3-1-4-8-13)16-17(20)18(11-12-21-16)14-9-5-2-6-10-14/h1-10,15-16,19H,11-12H2/t15-,16-/m1/s1. The van der Waals surface area contributed by atoms with Gasteiger partial charge < -0.3 is 14.7 Å². The molecule has 1 heterocycles. The van der Waals surface area contributed by atoms with Crippen molar-refractivity contribution in [3.8, 4) is 0 Å². The summed E-state index contributed by atoms with van der Waals surface area (Å²) in [5.41, 5.74) is 1.52. The van der Waals surface area contributed by atoms with E-state index >= 15 is 0 Å². The number of hydrogen-bond acceptors (Lipinski definition) is 3. The molecule has 0 aromatic heterocycles. The van der Waals surface area contributed by atoms with Gasteiger partial charge in [0.25, 0.3) is 5.91 Å². The molecule has 0 unspecified atom stereocenters. The first-order valence-corrected chi connectivity index (χ1v) is 6.98. The van der Waals surface area contributed by atoms with Crippen molar-refractivity contribution in [2.75, 3.05) is 18.1 Å². The summed E-state index contributed by atoms with van der Waals surface area (Å²) in [6, 6.07) is 18.6. The van der Waals surface area contributed by atoms with Gasteiger partial charge in [-0.3, -0.25) is 4.79 Å². The van der Waals surface area contributed by atoms with Crippen LogP contribution in [-0.2, 0) is 9.53 Å². The number of anilines is 1. The van der Waals surface area contributed by atoms with Crippen molar-refractivity contribution in [2.24, 2.45) is 0 Å². The Hall–Kier alpha value is -2.17. The van der Waals surface area contributed by atoms with Crippen molar-refractivity contribution in [1.82, 2.24) is 0 Å². The number of para-hydroxylation sites is 1. The third-order valence-corrected chi connectivity index (χ3v) is 3.62. The van der Waals surface area contributed by atoms with Gasteiger partial charge in [0.2, 0.25) is 0 Å². The molecule has 1 saturated heterocycles. The van der Waals surface area contributed by atoms with Gasteiger partial charge in [-0.1, -0.05) is 48.5 Å². The summed E-state index contributed by atoms with van der Waals surface area (Å²) in [4.78, 5) is 14.2. The van der Waals surface area contributed by atoms with Crippen LogP contribution in [0.5, 0.6) is 0 Å². The van der Waals surface area contributed by atoms with Gasteiger partial charge in [-0.2, -0.15) is 0 Å². The second-order valence-electron chi connectivity index (χ2n) is 4.97. The molecule has 4 heteroatoms. The first kappa shape index (κ1) is 13.8. The largest absolute Gasteiger partial charge is 0.385 e. The molecular formula is C17H17NO3. The van der Waals surface area contributed by atoms with Crippen LogP contribution in [0.25, 0.3) is 0 Å². The lowest BCUT2D eigenvalue weighted by atomic mass is 10.0. The molecule has 0 bridgehead atoms. The highest BCUT2D eigenvalue weighted by Crippen LogP contribution is 2.26. The average Bonchev–Trinajstić information content (AvgIpc) is 2.56. The summed E-state index contributed by atoms with van der Waals surface area (Å²) in [6.45, 7) is 0.913. The molecule has 0 spiro atoms. The van der Waals surface area contributed by atoms with E-state index in [4.69, 9.17) is 4.74 Å². The van der Waals surface area contributed by atoms with Crippen molar-refractivity contribution in [1.29, 1.82) is 0 Å². The number of amides is 1. The molecule has 0 saturated carbocycles. The highest BCUT2D eigenvalue weighted by molar-refractivity contribution is 5.97. The van der Waals surface area contributed by atoms with Gasteiger partial charge in [-0.15, -0.1) is 0 Å². The van der Waals surface area contributed by atoms with Crippen LogP contribution in [0.2, 0.25) is 0 Å². The molecule has 1 aliphatic rings. The zero-order chi connectivity index (χ0) is 14.7. The molecular weight excluding hydrogens is 266 g/mol. The van der Waals surface area contributed by atoms with E-state index in [2.05, 4.69) is 0 Å². The van der Waals surface area contributed by atoms with Gasteiger partial charge in [0.05, 0.1) is 6.61 Å². The molecule has 2 aromatic rings. The number of morpholine rings is 1. The van der Waals surface area contributed by atoms with Crippen LogP contribution in [-0.4, -0.2) is 30.3 Å². The minimum absolute atomic E-state index is 0.205. The monoisotopic (exact) mass is 283 g/mol. The number of aliphatic hydroxyl groups is 1. The summed E-state index contributed by atoms with van der Waals surface area (Å²) < 4.78 is 5.52. The molecule has 3 rings (SSSR count). The van der Waals surface area contributed by atoms with Crippen molar-refractivity contribution in [2.45, 2.75) is 12.2 Å². The lowest BCUT2D eigenvalue weighted by Gasteiger charge is -2.34. The number of carbonyl (C=O) groups excluding carboxylic acids is 1. The molecule has 4 nitrogen and oxygen atoms in total. The van der Waals surface area contributed by atoms with Crippen LogP contribution < -0.4 is 4.90 Å². The maximum Gasteiger partial charge on any atom is 0.259 e. The van der Waals surface area contributed by atoms with Crippen molar-refractivity contribution >= 4 is 11.6 Å². The zero-order valence-corrected chi connectivity index (χ0v) is 11.6. The SMILES string of the molecule is O=C1[C@@H]([C@H](O)c2ccccc2)OCCN1c1ccccc1. The molecule has 1 amide bonds. The maximum absolute atomic E-state index is 12.6. The fourth-order valence-electron chi connectivity index (χ4n) is 2.52.